The van der Waals surface area contributed by atoms with Crippen molar-refractivity contribution in [1.29, 1.82) is 0 Å². The van der Waals surface area contributed by atoms with Crippen LogP contribution < -0.4 is 5.32 Å². The van der Waals surface area contributed by atoms with Crippen molar-refractivity contribution in [3.8, 4) is 0 Å². The smallest absolute Gasteiger partial charge is 0.138 e. The molecular weight excluding hydrogens is 258 g/mol. The molecule has 3 rings (SSSR count). The summed E-state index contributed by atoms with van der Waals surface area (Å²) in [6.07, 6.45) is 4.51. The summed E-state index contributed by atoms with van der Waals surface area (Å²) in [7, 11) is 1.72. The quantitative estimate of drug-likeness (QED) is 0.854. The second-order valence-electron chi connectivity index (χ2n) is 4.80. The lowest BCUT2D eigenvalue weighted by Gasteiger charge is -2.09. The van der Waals surface area contributed by atoms with Gasteiger partial charge in [0, 0.05) is 25.0 Å². The van der Waals surface area contributed by atoms with E-state index in [2.05, 4.69) is 22.2 Å². The Kier molecular flexibility index (Phi) is 3.66. The molecule has 0 saturated heterocycles. The summed E-state index contributed by atoms with van der Waals surface area (Å²) < 4.78 is 5.10. The average molecular weight is 277 g/mol. The van der Waals surface area contributed by atoms with Crippen molar-refractivity contribution in [3.05, 3.63) is 16.3 Å². The number of rotatable bonds is 5. The summed E-state index contributed by atoms with van der Waals surface area (Å²) in [4.78, 5) is 12.0. The summed E-state index contributed by atoms with van der Waals surface area (Å²) in [6.45, 7) is 3.58. The molecule has 1 N–H and O–H groups in total. The first-order valence-electron chi connectivity index (χ1n) is 6.87. The van der Waals surface area contributed by atoms with Gasteiger partial charge in [0.15, 0.2) is 0 Å². The lowest BCUT2D eigenvalue weighted by molar-refractivity contribution is 0.210. The van der Waals surface area contributed by atoms with Crippen molar-refractivity contribution in [2.24, 2.45) is 0 Å². The van der Waals surface area contributed by atoms with Crippen molar-refractivity contribution in [2.75, 3.05) is 25.6 Å². The first-order chi connectivity index (χ1) is 9.33. The molecule has 1 aliphatic carbocycles. The number of aromatic nitrogens is 2. The van der Waals surface area contributed by atoms with Crippen LogP contribution in [-0.4, -0.2) is 30.2 Å². The molecule has 0 fully saturated rings. The molecule has 0 radical (unpaired) electrons. The third-order valence-corrected chi connectivity index (χ3v) is 4.71. The molecule has 2 heterocycles. The van der Waals surface area contributed by atoms with Crippen LogP contribution in [0.15, 0.2) is 0 Å². The van der Waals surface area contributed by atoms with Crippen LogP contribution >= 0.6 is 11.3 Å². The molecule has 5 heteroatoms. The van der Waals surface area contributed by atoms with Crippen LogP contribution in [0, 0.1) is 0 Å². The molecule has 0 spiro atoms. The highest BCUT2D eigenvalue weighted by atomic mass is 32.1. The number of ether oxygens (including phenoxy) is 1. The van der Waals surface area contributed by atoms with Crippen LogP contribution in [0.5, 0.6) is 0 Å². The minimum absolute atomic E-state index is 0.694. The van der Waals surface area contributed by atoms with Crippen LogP contribution in [0.1, 0.15) is 29.6 Å². The Morgan fingerprint density at radius 2 is 2.21 bits per heavy atom. The number of fused-ring (bicyclic) bond motifs is 3. The van der Waals surface area contributed by atoms with Crippen molar-refractivity contribution >= 4 is 27.4 Å². The molecule has 2 aromatic rings. The molecule has 0 unspecified atom stereocenters. The predicted octanol–water partition coefficient (Wildman–Crippen LogP) is 2.80. The topological polar surface area (TPSA) is 47.0 Å². The lowest BCUT2D eigenvalue weighted by Crippen LogP contribution is -2.10. The number of nitrogens with zero attached hydrogens (tertiary/aromatic N) is 2. The minimum atomic E-state index is 0.694. The third kappa shape index (κ3) is 2.32. The van der Waals surface area contributed by atoms with Crippen LogP contribution in [-0.2, 0) is 24.0 Å². The monoisotopic (exact) mass is 277 g/mol. The van der Waals surface area contributed by atoms with Crippen molar-refractivity contribution < 1.29 is 4.74 Å². The van der Waals surface area contributed by atoms with Gasteiger partial charge in [-0.15, -0.1) is 11.3 Å². The van der Waals surface area contributed by atoms with Crippen LogP contribution in [0.3, 0.4) is 0 Å². The van der Waals surface area contributed by atoms with Gasteiger partial charge >= 0.3 is 0 Å². The molecule has 4 nitrogen and oxygen atoms in total. The van der Waals surface area contributed by atoms with Gasteiger partial charge in [-0.3, -0.25) is 0 Å². The van der Waals surface area contributed by atoms with Gasteiger partial charge in [0.05, 0.1) is 12.0 Å². The van der Waals surface area contributed by atoms with Crippen molar-refractivity contribution in [3.63, 3.8) is 0 Å². The summed E-state index contributed by atoms with van der Waals surface area (Å²) >= 11 is 1.85. The maximum atomic E-state index is 5.10. The molecule has 0 aromatic carbocycles. The summed E-state index contributed by atoms with van der Waals surface area (Å²) in [5.41, 5.74) is 1.47. The van der Waals surface area contributed by atoms with E-state index in [0.717, 1.165) is 29.4 Å². The largest absolute Gasteiger partial charge is 0.383 e. The number of hydrogen-bond acceptors (Lipinski definition) is 5. The Hall–Kier alpha value is -1.20. The van der Waals surface area contributed by atoms with E-state index in [1.54, 1.807) is 7.11 Å². The van der Waals surface area contributed by atoms with Crippen molar-refractivity contribution in [2.45, 2.75) is 32.6 Å². The fourth-order valence-electron chi connectivity index (χ4n) is 2.60. The summed E-state index contributed by atoms with van der Waals surface area (Å²) in [5, 5.41) is 4.67. The van der Waals surface area contributed by atoms with Crippen LogP contribution in [0.2, 0.25) is 0 Å². The maximum absolute atomic E-state index is 5.10. The molecule has 0 saturated carbocycles. The first kappa shape index (κ1) is 12.8. The van der Waals surface area contributed by atoms with E-state index < -0.39 is 0 Å². The Morgan fingerprint density at radius 3 is 3.00 bits per heavy atom. The molecule has 0 amide bonds. The predicted molar refractivity (Wildman–Crippen MR) is 79.2 cm³/mol. The molecular formula is C14H19N3OS. The maximum Gasteiger partial charge on any atom is 0.138 e. The van der Waals surface area contributed by atoms with E-state index in [4.69, 9.17) is 4.74 Å². The fraction of sp³-hybridized carbons (Fsp3) is 0.571. The Balaban J connectivity index is 2.05. The van der Waals surface area contributed by atoms with Crippen LogP contribution in [0.25, 0.3) is 10.2 Å². The van der Waals surface area contributed by atoms with Crippen molar-refractivity contribution in [1.82, 2.24) is 9.97 Å². The Bertz CT molecular complexity index is 594. The first-order valence-corrected chi connectivity index (χ1v) is 7.69. The molecule has 2 aromatic heterocycles. The summed E-state index contributed by atoms with van der Waals surface area (Å²) in [5.74, 6) is 1.92. The number of aryl methyl sites for hydroxylation is 3. The highest BCUT2D eigenvalue weighted by molar-refractivity contribution is 7.19. The number of anilines is 1. The van der Waals surface area contributed by atoms with Gasteiger partial charge in [-0.25, -0.2) is 9.97 Å². The number of methoxy groups -OCH3 is 1. The standard InChI is InChI=1S/C14H19N3OS/c1-3-11-16-13(15-7-8-18-2)12-9-5-4-6-10(9)19-14(12)17-11/h3-8H2,1-2H3,(H,15,16,17). The SMILES string of the molecule is CCc1nc(NCCOC)c2c3c(sc2n1)CCC3. The van der Waals surface area contributed by atoms with E-state index in [-0.39, 0.29) is 0 Å². The van der Waals surface area contributed by atoms with E-state index in [1.165, 1.54) is 35.1 Å². The highest BCUT2D eigenvalue weighted by Gasteiger charge is 2.21. The molecule has 102 valence electrons. The molecule has 0 atom stereocenters. The van der Waals surface area contributed by atoms with E-state index in [9.17, 15) is 0 Å². The Morgan fingerprint density at radius 1 is 1.32 bits per heavy atom. The molecule has 0 aliphatic heterocycles. The molecule has 0 bridgehead atoms. The van der Waals surface area contributed by atoms with Gasteiger partial charge in [-0.05, 0) is 24.8 Å². The number of nitrogens with one attached hydrogen (secondary N) is 1. The highest BCUT2D eigenvalue weighted by Crippen LogP contribution is 2.39. The van der Waals surface area contributed by atoms with Gasteiger partial charge in [-0.2, -0.15) is 0 Å². The average Bonchev–Trinajstić information content (AvgIpc) is 2.98. The fourth-order valence-corrected chi connectivity index (χ4v) is 3.88. The van der Waals surface area contributed by atoms with E-state index >= 15 is 0 Å². The normalized spacial score (nSPS) is 14.0. The van der Waals surface area contributed by atoms with Crippen LogP contribution in [0.4, 0.5) is 5.82 Å². The second kappa shape index (κ2) is 5.43. The minimum Gasteiger partial charge on any atom is -0.383 e. The zero-order valence-electron chi connectivity index (χ0n) is 11.5. The van der Waals surface area contributed by atoms with Gasteiger partial charge in [-0.1, -0.05) is 6.92 Å². The molecule has 19 heavy (non-hydrogen) atoms. The lowest BCUT2D eigenvalue weighted by atomic mass is 10.2. The Labute approximate surface area is 117 Å². The number of thiophene rings is 1. The second-order valence-corrected chi connectivity index (χ2v) is 5.88. The zero-order chi connectivity index (χ0) is 13.2. The zero-order valence-corrected chi connectivity index (χ0v) is 12.3. The van der Waals surface area contributed by atoms with Gasteiger partial charge in [0.2, 0.25) is 0 Å². The summed E-state index contributed by atoms with van der Waals surface area (Å²) in [6, 6.07) is 0. The van der Waals surface area contributed by atoms with Gasteiger partial charge in [0.25, 0.3) is 0 Å². The van der Waals surface area contributed by atoms with Gasteiger partial charge < -0.3 is 10.1 Å². The van der Waals surface area contributed by atoms with Gasteiger partial charge in [0.1, 0.15) is 16.5 Å². The number of hydrogen-bond donors (Lipinski definition) is 1. The molecule has 1 aliphatic rings. The van der Waals surface area contributed by atoms with E-state index in [0.29, 0.717) is 6.61 Å². The van der Waals surface area contributed by atoms with E-state index in [1.807, 2.05) is 11.3 Å². The third-order valence-electron chi connectivity index (χ3n) is 3.53.